The van der Waals surface area contributed by atoms with E-state index in [2.05, 4.69) is 23.5 Å². The Bertz CT molecular complexity index is 226. The fraction of sp³-hybridized carbons (Fsp3) is 0.500. The van der Waals surface area contributed by atoms with E-state index in [-0.39, 0.29) is 0 Å². The summed E-state index contributed by atoms with van der Waals surface area (Å²) in [4.78, 5) is 3.97. The summed E-state index contributed by atoms with van der Waals surface area (Å²) >= 11 is 1.89. The Hall–Kier alpha value is -0.700. The van der Waals surface area contributed by atoms with Crippen molar-refractivity contribution in [2.45, 2.75) is 19.4 Å². The van der Waals surface area contributed by atoms with Gasteiger partial charge in [0.15, 0.2) is 0 Å². The van der Waals surface area contributed by atoms with Gasteiger partial charge < -0.3 is 5.32 Å². The highest BCUT2D eigenvalue weighted by Gasteiger charge is 1.99. The van der Waals surface area contributed by atoms with Crippen molar-refractivity contribution in [3.05, 3.63) is 24.5 Å². The molecule has 0 bridgehead atoms. The monoisotopic (exact) mass is 196 g/mol. The molecule has 1 N–H and O–H groups in total. The van der Waals surface area contributed by atoms with Crippen molar-refractivity contribution in [1.82, 2.24) is 4.98 Å². The molecule has 0 saturated carbocycles. The van der Waals surface area contributed by atoms with E-state index in [1.807, 2.05) is 36.3 Å². The second-order valence-electron chi connectivity index (χ2n) is 3.06. The Morgan fingerprint density at radius 1 is 1.46 bits per heavy atom. The summed E-state index contributed by atoms with van der Waals surface area (Å²) in [5.74, 6) is 1.21. The van der Waals surface area contributed by atoms with Crippen LogP contribution in [0.1, 0.15) is 13.3 Å². The van der Waals surface area contributed by atoms with Crippen LogP contribution in [0.4, 0.5) is 5.69 Å². The molecule has 0 radical (unpaired) electrons. The maximum atomic E-state index is 3.97. The van der Waals surface area contributed by atoms with Gasteiger partial charge in [-0.05, 0) is 37.5 Å². The molecule has 1 atom stereocenters. The normalized spacial score (nSPS) is 12.5. The van der Waals surface area contributed by atoms with Gasteiger partial charge in [-0.2, -0.15) is 11.8 Å². The zero-order chi connectivity index (χ0) is 9.52. The molecule has 72 valence electrons. The average Bonchev–Trinajstić information content (AvgIpc) is 2.16. The first kappa shape index (κ1) is 10.4. The molecule has 0 aliphatic carbocycles. The summed E-state index contributed by atoms with van der Waals surface area (Å²) in [5.41, 5.74) is 1.16. The van der Waals surface area contributed by atoms with Crippen LogP contribution in [-0.2, 0) is 0 Å². The Morgan fingerprint density at radius 2 is 2.15 bits per heavy atom. The Balaban J connectivity index is 2.32. The van der Waals surface area contributed by atoms with Gasteiger partial charge in [-0.15, -0.1) is 0 Å². The Morgan fingerprint density at radius 3 is 2.77 bits per heavy atom. The molecule has 0 aliphatic heterocycles. The molecule has 3 heteroatoms. The molecule has 1 aromatic heterocycles. The molecule has 13 heavy (non-hydrogen) atoms. The van der Waals surface area contributed by atoms with Gasteiger partial charge in [0.1, 0.15) is 0 Å². The van der Waals surface area contributed by atoms with Crippen molar-refractivity contribution in [1.29, 1.82) is 0 Å². The molecule has 0 fully saturated rings. The lowest BCUT2D eigenvalue weighted by Crippen LogP contribution is -2.15. The number of hydrogen-bond acceptors (Lipinski definition) is 3. The van der Waals surface area contributed by atoms with Crippen LogP contribution >= 0.6 is 11.8 Å². The molecular formula is C10H16N2S. The number of pyridine rings is 1. The third-order valence-corrected chi connectivity index (χ3v) is 2.49. The molecule has 0 amide bonds. The molecule has 0 aliphatic rings. The van der Waals surface area contributed by atoms with Crippen LogP contribution in [0.5, 0.6) is 0 Å². The molecule has 2 nitrogen and oxygen atoms in total. The Kier molecular flexibility index (Phi) is 4.68. The van der Waals surface area contributed by atoms with Crippen LogP contribution in [0, 0.1) is 0 Å². The molecule has 0 aromatic carbocycles. The minimum Gasteiger partial charge on any atom is -0.382 e. The van der Waals surface area contributed by atoms with Crippen LogP contribution < -0.4 is 5.32 Å². The predicted molar refractivity (Wildman–Crippen MR) is 60.3 cm³/mol. The van der Waals surface area contributed by atoms with Gasteiger partial charge in [0, 0.05) is 24.1 Å². The van der Waals surface area contributed by atoms with E-state index >= 15 is 0 Å². The standard InChI is InChI=1S/C10H16N2S/c1-9(5-8-13-2)12-10-3-6-11-7-4-10/h3-4,6-7,9H,5,8H2,1-2H3,(H,11,12). The number of anilines is 1. The van der Waals surface area contributed by atoms with Crippen molar-refractivity contribution in [2.75, 3.05) is 17.3 Å². The first-order valence-electron chi connectivity index (χ1n) is 4.48. The first-order valence-corrected chi connectivity index (χ1v) is 5.88. The first-order chi connectivity index (χ1) is 6.33. The maximum Gasteiger partial charge on any atom is 0.0373 e. The van der Waals surface area contributed by atoms with E-state index in [1.165, 1.54) is 12.2 Å². The summed E-state index contributed by atoms with van der Waals surface area (Å²) in [5, 5.41) is 3.42. The number of thioether (sulfide) groups is 1. The minimum absolute atomic E-state index is 0.537. The largest absolute Gasteiger partial charge is 0.382 e. The third-order valence-electron chi connectivity index (χ3n) is 1.85. The van der Waals surface area contributed by atoms with E-state index in [9.17, 15) is 0 Å². The molecule has 1 aromatic rings. The quantitative estimate of drug-likeness (QED) is 0.783. The fourth-order valence-corrected chi connectivity index (χ4v) is 1.69. The predicted octanol–water partition coefficient (Wildman–Crippen LogP) is 2.64. The van der Waals surface area contributed by atoms with Gasteiger partial charge in [-0.3, -0.25) is 4.98 Å². The average molecular weight is 196 g/mol. The number of aromatic nitrogens is 1. The lowest BCUT2D eigenvalue weighted by atomic mass is 10.2. The smallest absolute Gasteiger partial charge is 0.0373 e. The van der Waals surface area contributed by atoms with Gasteiger partial charge in [-0.25, -0.2) is 0 Å². The fourth-order valence-electron chi connectivity index (χ4n) is 1.10. The number of nitrogens with zero attached hydrogens (tertiary/aromatic N) is 1. The third kappa shape index (κ3) is 4.18. The van der Waals surface area contributed by atoms with Gasteiger partial charge in [0.25, 0.3) is 0 Å². The SMILES string of the molecule is CSCCC(C)Nc1ccncc1. The van der Waals surface area contributed by atoms with Crippen molar-refractivity contribution in [2.24, 2.45) is 0 Å². The molecule has 1 rings (SSSR count). The zero-order valence-electron chi connectivity index (χ0n) is 8.16. The lowest BCUT2D eigenvalue weighted by molar-refractivity contribution is 0.772. The molecule has 1 heterocycles. The van der Waals surface area contributed by atoms with Gasteiger partial charge in [-0.1, -0.05) is 0 Å². The topological polar surface area (TPSA) is 24.9 Å². The van der Waals surface area contributed by atoms with Crippen LogP contribution in [0.2, 0.25) is 0 Å². The summed E-state index contributed by atoms with van der Waals surface area (Å²) < 4.78 is 0. The highest BCUT2D eigenvalue weighted by atomic mass is 32.2. The van der Waals surface area contributed by atoms with E-state index in [0.29, 0.717) is 6.04 Å². The number of rotatable bonds is 5. The van der Waals surface area contributed by atoms with Gasteiger partial charge >= 0.3 is 0 Å². The van der Waals surface area contributed by atoms with Gasteiger partial charge in [0.2, 0.25) is 0 Å². The van der Waals surface area contributed by atoms with Crippen molar-refractivity contribution in [3.8, 4) is 0 Å². The van der Waals surface area contributed by atoms with Crippen LogP contribution in [0.25, 0.3) is 0 Å². The van der Waals surface area contributed by atoms with E-state index in [4.69, 9.17) is 0 Å². The number of hydrogen-bond donors (Lipinski definition) is 1. The highest BCUT2D eigenvalue weighted by Crippen LogP contribution is 2.08. The number of nitrogens with one attached hydrogen (secondary N) is 1. The second-order valence-corrected chi connectivity index (χ2v) is 4.05. The molecule has 0 spiro atoms. The van der Waals surface area contributed by atoms with Crippen LogP contribution in [0.15, 0.2) is 24.5 Å². The van der Waals surface area contributed by atoms with Crippen molar-refractivity contribution < 1.29 is 0 Å². The van der Waals surface area contributed by atoms with Crippen LogP contribution in [0.3, 0.4) is 0 Å². The lowest BCUT2D eigenvalue weighted by Gasteiger charge is -2.13. The second kappa shape index (κ2) is 5.86. The Labute approximate surface area is 84.1 Å². The maximum absolute atomic E-state index is 3.97. The summed E-state index contributed by atoms with van der Waals surface area (Å²) in [7, 11) is 0. The van der Waals surface area contributed by atoms with Crippen molar-refractivity contribution >= 4 is 17.4 Å². The molecule has 0 saturated heterocycles. The van der Waals surface area contributed by atoms with Crippen molar-refractivity contribution in [3.63, 3.8) is 0 Å². The molecule has 1 unspecified atom stereocenters. The minimum atomic E-state index is 0.537. The summed E-state index contributed by atoms with van der Waals surface area (Å²) in [6.07, 6.45) is 6.95. The molecular weight excluding hydrogens is 180 g/mol. The van der Waals surface area contributed by atoms with E-state index < -0.39 is 0 Å². The highest BCUT2D eigenvalue weighted by molar-refractivity contribution is 7.98. The summed E-state index contributed by atoms with van der Waals surface area (Å²) in [6, 6.07) is 4.53. The zero-order valence-corrected chi connectivity index (χ0v) is 8.97. The van der Waals surface area contributed by atoms with Crippen LogP contribution in [-0.4, -0.2) is 23.0 Å². The summed E-state index contributed by atoms with van der Waals surface area (Å²) in [6.45, 7) is 2.21. The van der Waals surface area contributed by atoms with E-state index in [0.717, 1.165) is 5.69 Å². The van der Waals surface area contributed by atoms with Gasteiger partial charge in [0.05, 0.1) is 0 Å². The van der Waals surface area contributed by atoms with E-state index in [1.54, 1.807) is 0 Å².